The van der Waals surface area contributed by atoms with E-state index < -0.39 is 6.15 Å². The van der Waals surface area contributed by atoms with Gasteiger partial charge >= 0.3 is 29.6 Å². The molecule has 0 bridgehead atoms. The second kappa shape index (κ2) is 11.5. The molecule has 0 fully saturated rings. The van der Waals surface area contributed by atoms with Gasteiger partial charge in [-0.05, 0) is 24.3 Å². The molecule has 4 rings (SSSR count). The molecule has 0 N–H and O–H groups in total. The van der Waals surface area contributed by atoms with E-state index in [1.165, 1.54) is 0 Å². The average molecular weight is 463 g/mol. The molecule has 0 radical (unpaired) electrons. The third-order valence-corrected chi connectivity index (χ3v) is 6.38. The summed E-state index contributed by atoms with van der Waals surface area (Å²) in [6, 6.07) is 33.0. The van der Waals surface area contributed by atoms with E-state index in [9.17, 15) is 0 Å². The van der Waals surface area contributed by atoms with Gasteiger partial charge in [-0.2, -0.15) is 21.9 Å². The first-order valence-corrected chi connectivity index (χ1v) is 10.9. The third-order valence-electron chi connectivity index (χ3n) is 6.38. The molecule has 0 saturated carbocycles. The van der Waals surface area contributed by atoms with E-state index >= 15 is 0 Å². The first-order valence-electron chi connectivity index (χ1n) is 10.9. The molecule has 0 heterocycles. The van der Waals surface area contributed by atoms with E-state index in [0.717, 1.165) is 44.8 Å². The molecule has 4 aromatic rings. The van der Waals surface area contributed by atoms with Gasteiger partial charge in [-0.1, -0.05) is 72.8 Å². The first-order chi connectivity index (χ1) is 16.1. The van der Waals surface area contributed by atoms with Gasteiger partial charge in [0.15, 0.2) is 0 Å². The maximum atomic E-state index is 5.63. The van der Waals surface area contributed by atoms with Crippen LogP contribution in [0.25, 0.3) is 0 Å². The number of hydrogen-bond donors (Lipinski definition) is 0. The summed E-state index contributed by atoms with van der Waals surface area (Å²) in [6.07, 6.45) is -1.64. The van der Waals surface area contributed by atoms with Crippen LogP contribution < -0.4 is 40.8 Å². The minimum atomic E-state index is -1.64. The quantitative estimate of drug-likeness (QED) is 0.377. The predicted octanol–water partition coefficient (Wildman–Crippen LogP) is 2.45. The predicted molar refractivity (Wildman–Crippen MR) is 143 cm³/mol. The molecule has 0 spiro atoms. The molecular formula is C28H29BNaO4-. The molecular weight excluding hydrogens is 434 g/mol. The van der Waals surface area contributed by atoms with Crippen LogP contribution in [0.4, 0.5) is 0 Å². The molecule has 0 aliphatic rings. The van der Waals surface area contributed by atoms with E-state index in [1.807, 2.05) is 48.5 Å². The van der Waals surface area contributed by atoms with Crippen LogP contribution in [0.2, 0.25) is 0 Å². The zero-order valence-corrected chi connectivity index (χ0v) is 19.4. The summed E-state index contributed by atoms with van der Waals surface area (Å²) in [4.78, 5) is 0. The SMILES string of the molecule is COc1cccc([B-](c2cccc(OC)c2)(c2cccc(OC)c2)c2cccc(OC)c2)c1.[NaH]. The molecule has 4 nitrogen and oxygen atoms in total. The van der Waals surface area contributed by atoms with Gasteiger partial charge in [0.25, 0.3) is 0 Å². The van der Waals surface area contributed by atoms with Crippen LogP contribution in [0.3, 0.4) is 0 Å². The van der Waals surface area contributed by atoms with Crippen LogP contribution in [0.15, 0.2) is 97.1 Å². The van der Waals surface area contributed by atoms with Gasteiger partial charge in [0.2, 0.25) is 0 Å². The van der Waals surface area contributed by atoms with E-state index in [4.69, 9.17) is 18.9 Å². The van der Waals surface area contributed by atoms with Crippen LogP contribution in [0.5, 0.6) is 23.0 Å². The molecule has 0 aliphatic heterocycles. The van der Waals surface area contributed by atoms with Crippen molar-refractivity contribution in [2.45, 2.75) is 0 Å². The summed E-state index contributed by atoms with van der Waals surface area (Å²) < 4.78 is 22.5. The summed E-state index contributed by atoms with van der Waals surface area (Å²) in [6.45, 7) is 0. The fourth-order valence-corrected chi connectivity index (χ4v) is 4.80. The molecule has 0 amide bonds. The van der Waals surface area contributed by atoms with Crippen LogP contribution in [0, 0.1) is 0 Å². The van der Waals surface area contributed by atoms with Gasteiger partial charge in [-0.3, -0.25) is 0 Å². The van der Waals surface area contributed by atoms with Gasteiger partial charge in [-0.25, -0.2) is 0 Å². The molecule has 4 aromatic carbocycles. The summed E-state index contributed by atoms with van der Waals surface area (Å²) in [5.41, 5.74) is 4.46. The van der Waals surface area contributed by atoms with Crippen molar-refractivity contribution in [2.24, 2.45) is 0 Å². The topological polar surface area (TPSA) is 36.9 Å². The second-order valence-corrected chi connectivity index (χ2v) is 7.97. The molecule has 170 valence electrons. The van der Waals surface area contributed by atoms with Crippen LogP contribution >= 0.6 is 0 Å². The third kappa shape index (κ3) is 4.83. The Morgan fingerprint density at radius 1 is 0.412 bits per heavy atom. The Hall–Kier alpha value is -2.86. The maximum absolute atomic E-state index is 5.63. The fraction of sp³-hybridized carbons (Fsp3) is 0.143. The normalized spacial score (nSPS) is 10.7. The zero-order chi connectivity index (χ0) is 23.3. The standard InChI is InChI=1S/C28H28BO4.Na.H/c1-30-25-13-5-9-21(17-25)29(22-10-6-14-26(18-22)31-2,23-11-7-15-27(19-23)32-3)24-12-8-16-28(20-24)33-4;;/h5-20H,1-4H3;;/q-1;;. The fourth-order valence-electron chi connectivity index (χ4n) is 4.80. The zero-order valence-electron chi connectivity index (χ0n) is 19.4. The summed E-state index contributed by atoms with van der Waals surface area (Å²) in [7, 11) is 6.76. The number of ether oxygens (including phenoxy) is 4. The van der Waals surface area contributed by atoms with Gasteiger partial charge in [0.1, 0.15) is 29.1 Å². The molecule has 0 unspecified atom stereocenters. The Labute approximate surface area is 224 Å². The van der Waals surface area contributed by atoms with Crippen molar-refractivity contribution in [3.8, 4) is 23.0 Å². The van der Waals surface area contributed by atoms with E-state index in [1.54, 1.807) is 28.4 Å². The molecule has 0 atom stereocenters. The Kier molecular flexibility index (Phi) is 8.73. The van der Waals surface area contributed by atoms with Crippen LogP contribution in [-0.4, -0.2) is 64.1 Å². The van der Waals surface area contributed by atoms with Crippen molar-refractivity contribution >= 4 is 57.6 Å². The molecule has 6 heteroatoms. The van der Waals surface area contributed by atoms with Gasteiger partial charge < -0.3 is 18.9 Å². The monoisotopic (exact) mass is 463 g/mol. The van der Waals surface area contributed by atoms with Gasteiger partial charge in [0.05, 0.1) is 28.4 Å². The van der Waals surface area contributed by atoms with E-state index in [0.29, 0.717) is 0 Å². The molecule has 34 heavy (non-hydrogen) atoms. The minimum absolute atomic E-state index is 0. The van der Waals surface area contributed by atoms with Crippen molar-refractivity contribution in [3.63, 3.8) is 0 Å². The number of methoxy groups -OCH3 is 4. The summed E-state index contributed by atoms with van der Waals surface area (Å²) in [5, 5.41) is 0. The Morgan fingerprint density at radius 2 is 0.647 bits per heavy atom. The van der Waals surface area contributed by atoms with E-state index in [-0.39, 0.29) is 29.6 Å². The van der Waals surface area contributed by atoms with E-state index in [2.05, 4.69) is 48.5 Å². The molecule has 0 saturated heterocycles. The molecule has 0 aromatic heterocycles. The first kappa shape index (κ1) is 25.8. The van der Waals surface area contributed by atoms with Crippen molar-refractivity contribution in [1.82, 2.24) is 0 Å². The van der Waals surface area contributed by atoms with Crippen molar-refractivity contribution in [2.75, 3.05) is 28.4 Å². The van der Waals surface area contributed by atoms with Crippen molar-refractivity contribution in [1.29, 1.82) is 0 Å². The Balaban J connectivity index is 0.00000324. The number of hydrogen-bond acceptors (Lipinski definition) is 4. The summed E-state index contributed by atoms with van der Waals surface area (Å²) >= 11 is 0. The van der Waals surface area contributed by atoms with Gasteiger partial charge in [0, 0.05) is 0 Å². The average Bonchev–Trinajstić information content (AvgIpc) is 2.89. The van der Waals surface area contributed by atoms with Gasteiger partial charge in [-0.15, -0.1) is 0 Å². The Morgan fingerprint density at radius 3 is 0.853 bits per heavy atom. The van der Waals surface area contributed by atoms with Crippen LogP contribution in [-0.2, 0) is 0 Å². The number of benzene rings is 4. The Bertz CT molecular complexity index is 1050. The summed E-state index contributed by atoms with van der Waals surface area (Å²) in [5.74, 6) is 3.19. The second-order valence-electron chi connectivity index (χ2n) is 7.97. The molecule has 0 aliphatic carbocycles. The van der Waals surface area contributed by atoms with Crippen LogP contribution in [0.1, 0.15) is 0 Å². The van der Waals surface area contributed by atoms with Crippen molar-refractivity contribution < 1.29 is 18.9 Å². The van der Waals surface area contributed by atoms with Crippen molar-refractivity contribution in [3.05, 3.63) is 97.1 Å². The number of rotatable bonds is 8.